The van der Waals surface area contributed by atoms with Crippen molar-refractivity contribution in [2.75, 3.05) is 6.54 Å². The Balaban J connectivity index is 1.82. The van der Waals surface area contributed by atoms with Crippen molar-refractivity contribution < 1.29 is 19.4 Å². The van der Waals surface area contributed by atoms with Gasteiger partial charge in [-0.25, -0.2) is 4.79 Å². The monoisotopic (exact) mass is 361 g/mol. The zero-order valence-corrected chi connectivity index (χ0v) is 15.9. The Morgan fingerprint density at radius 2 is 1.92 bits per heavy atom. The van der Waals surface area contributed by atoms with Crippen molar-refractivity contribution in [2.45, 2.75) is 77.0 Å². The van der Waals surface area contributed by atoms with Crippen LogP contribution in [0.3, 0.4) is 0 Å². The number of aliphatic carboxylic acids is 1. The van der Waals surface area contributed by atoms with Crippen LogP contribution in [0.15, 0.2) is 30.3 Å². The van der Waals surface area contributed by atoms with Gasteiger partial charge >= 0.3 is 5.97 Å². The van der Waals surface area contributed by atoms with Crippen LogP contribution < -0.4 is 0 Å². The molecule has 5 nitrogen and oxygen atoms in total. The van der Waals surface area contributed by atoms with Gasteiger partial charge in [-0.05, 0) is 51.5 Å². The minimum Gasteiger partial charge on any atom is -0.480 e. The molecule has 0 radical (unpaired) electrons. The lowest BCUT2D eigenvalue weighted by Crippen LogP contribution is -2.46. The van der Waals surface area contributed by atoms with E-state index in [1.807, 2.05) is 19.9 Å². The fourth-order valence-electron chi connectivity index (χ4n) is 3.53. The molecule has 5 heteroatoms. The normalized spacial score (nSPS) is 18.3. The first-order valence-electron chi connectivity index (χ1n) is 9.71. The van der Waals surface area contributed by atoms with Crippen LogP contribution in [0.25, 0.3) is 0 Å². The number of carboxylic acids is 1. The molecule has 26 heavy (non-hydrogen) atoms. The molecule has 1 aliphatic rings. The first-order chi connectivity index (χ1) is 12.5. The number of carbonyl (C=O) groups excluding carboxylic acids is 1. The van der Waals surface area contributed by atoms with Crippen molar-refractivity contribution in [3.8, 4) is 0 Å². The van der Waals surface area contributed by atoms with Crippen molar-refractivity contribution >= 4 is 11.9 Å². The molecule has 1 fully saturated rings. The number of rotatable bonds is 10. The van der Waals surface area contributed by atoms with Crippen LogP contribution >= 0.6 is 0 Å². The van der Waals surface area contributed by atoms with Crippen LogP contribution in [0.1, 0.15) is 57.9 Å². The average molecular weight is 361 g/mol. The van der Waals surface area contributed by atoms with E-state index >= 15 is 0 Å². The lowest BCUT2D eigenvalue weighted by atomic mass is 10.0. The van der Waals surface area contributed by atoms with Gasteiger partial charge in [0.1, 0.15) is 12.1 Å². The molecule has 2 rings (SSSR count). The summed E-state index contributed by atoms with van der Waals surface area (Å²) in [6.07, 6.45) is 5.39. The standard InChI is InChI=1S/C21H31NO4/c1-16(2)26-19(20(23)22-15-9-13-18(22)21(24)25)14-8-4-7-12-17-10-5-3-6-11-17/h3,5-6,10-11,16,18-19H,4,7-9,12-15H2,1-2H3,(H,24,25)/t18-,19?/m0/s1. The Labute approximate surface area is 156 Å². The van der Waals surface area contributed by atoms with E-state index in [1.165, 1.54) is 10.5 Å². The molecule has 0 saturated carbocycles. The number of nitrogens with zero attached hydrogens (tertiary/aromatic N) is 1. The fourth-order valence-corrected chi connectivity index (χ4v) is 3.53. The predicted molar refractivity (Wildman–Crippen MR) is 101 cm³/mol. The third kappa shape index (κ3) is 6.13. The number of aryl methyl sites for hydroxylation is 1. The number of carboxylic acid groups (broad SMARTS) is 1. The summed E-state index contributed by atoms with van der Waals surface area (Å²) in [5.41, 5.74) is 1.33. The van der Waals surface area contributed by atoms with Gasteiger partial charge in [-0.15, -0.1) is 0 Å². The highest BCUT2D eigenvalue weighted by Crippen LogP contribution is 2.22. The van der Waals surface area contributed by atoms with Gasteiger partial charge < -0.3 is 14.7 Å². The number of likely N-dealkylation sites (tertiary alicyclic amines) is 1. The average Bonchev–Trinajstić information content (AvgIpc) is 3.10. The van der Waals surface area contributed by atoms with E-state index in [-0.39, 0.29) is 12.0 Å². The molecule has 1 unspecified atom stereocenters. The van der Waals surface area contributed by atoms with Gasteiger partial charge in [0.15, 0.2) is 0 Å². The fraction of sp³-hybridized carbons (Fsp3) is 0.619. The summed E-state index contributed by atoms with van der Waals surface area (Å²) < 4.78 is 5.83. The Kier molecular flexibility index (Phi) is 8.10. The topological polar surface area (TPSA) is 66.8 Å². The number of hydrogen-bond donors (Lipinski definition) is 1. The predicted octanol–water partition coefficient (Wildman–Crippen LogP) is 3.66. The van der Waals surface area contributed by atoms with E-state index in [1.54, 1.807) is 0 Å². The molecule has 1 aromatic rings. The van der Waals surface area contributed by atoms with E-state index in [0.717, 1.165) is 32.1 Å². The highest BCUT2D eigenvalue weighted by atomic mass is 16.5. The van der Waals surface area contributed by atoms with Crippen molar-refractivity contribution in [2.24, 2.45) is 0 Å². The summed E-state index contributed by atoms with van der Waals surface area (Å²) in [4.78, 5) is 25.7. The lowest BCUT2D eigenvalue weighted by molar-refractivity contribution is -0.155. The van der Waals surface area contributed by atoms with E-state index in [0.29, 0.717) is 19.4 Å². The van der Waals surface area contributed by atoms with Crippen LogP contribution in [-0.2, 0) is 20.7 Å². The minimum absolute atomic E-state index is 0.0563. The first-order valence-corrected chi connectivity index (χ1v) is 9.71. The molecule has 1 aliphatic heterocycles. The number of amides is 1. The quantitative estimate of drug-likeness (QED) is 0.646. The lowest BCUT2D eigenvalue weighted by Gasteiger charge is -2.28. The maximum atomic E-state index is 12.8. The Hall–Kier alpha value is -1.88. The summed E-state index contributed by atoms with van der Waals surface area (Å²) in [6, 6.07) is 9.69. The van der Waals surface area contributed by atoms with Crippen molar-refractivity contribution in [1.82, 2.24) is 4.90 Å². The van der Waals surface area contributed by atoms with Gasteiger partial charge in [-0.2, -0.15) is 0 Å². The summed E-state index contributed by atoms with van der Waals surface area (Å²) in [5.74, 6) is -1.08. The molecule has 0 spiro atoms. The number of carbonyl (C=O) groups is 2. The molecule has 1 saturated heterocycles. The van der Waals surface area contributed by atoms with Gasteiger partial charge in [0.2, 0.25) is 0 Å². The number of hydrogen-bond acceptors (Lipinski definition) is 3. The molecular formula is C21H31NO4. The van der Waals surface area contributed by atoms with E-state index in [9.17, 15) is 14.7 Å². The SMILES string of the molecule is CC(C)OC(CCCCCc1ccccc1)C(=O)N1CCC[C@H]1C(=O)O. The Morgan fingerprint density at radius 1 is 1.19 bits per heavy atom. The van der Waals surface area contributed by atoms with Crippen LogP contribution in [0, 0.1) is 0 Å². The third-order valence-corrected chi connectivity index (χ3v) is 4.81. The molecule has 0 aliphatic carbocycles. The largest absolute Gasteiger partial charge is 0.480 e. The second-order valence-electron chi connectivity index (χ2n) is 7.29. The molecule has 0 aromatic heterocycles. The van der Waals surface area contributed by atoms with Gasteiger partial charge in [0.05, 0.1) is 6.10 Å². The molecule has 2 atom stereocenters. The number of unbranched alkanes of at least 4 members (excludes halogenated alkanes) is 2. The zero-order chi connectivity index (χ0) is 18.9. The van der Waals surface area contributed by atoms with Crippen molar-refractivity contribution in [3.63, 3.8) is 0 Å². The number of benzene rings is 1. The van der Waals surface area contributed by atoms with Crippen LogP contribution in [0.5, 0.6) is 0 Å². The molecular weight excluding hydrogens is 330 g/mol. The summed E-state index contributed by atoms with van der Waals surface area (Å²) in [5, 5.41) is 9.32. The number of ether oxygens (including phenoxy) is 1. The van der Waals surface area contributed by atoms with Gasteiger partial charge in [0.25, 0.3) is 5.91 Å². The first kappa shape index (κ1) is 20.4. The molecule has 1 heterocycles. The van der Waals surface area contributed by atoms with Crippen LogP contribution in [0.2, 0.25) is 0 Å². The van der Waals surface area contributed by atoms with Crippen LogP contribution in [0.4, 0.5) is 0 Å². The summed E-state index contributed by atoms with van der Waals surface area (Å²) in [6.45, 7) is 4.34. The Bertz CT molecular complexity index is 573. The summed E-state index contributed by atoms with van der Waals surface area (Å²) in [7, 11) is 0. The Morgan fingerprint density at radius 3 is 2.58 bits per heavy atom. The highest BCUT2D eigenvalue weighted by molar-refractivity contribution is 5.87. The van der Waals surface area contributed by atoms with Gasteiger partial charge in [-0.1, -0.05) is 43.2 Å². The zero-order valence-electron chi connectivity index (χ0n) is 15.9. The van der Waals surface area contributed by atoms with Crippen molar-refractivity contribution in [1.29, 1.82) is 0 Å². The molecule has 144 valence electrons. The molecule has 1 aromatic carbocycles. The van der Waals surface area contributed by atoms with Crippen molar-refractivity contribution in [3.05, 3.63) is 35.9 Å². The minimum atomic E-state index is -0.915. The van der Waals surface area contributed by atoms with E-state index < -0.39 is 18.1 Å². The second-order valence-corrected chi connectivity index (χ2v) is 7.29. The highest BCUT2D eigenvalue weighted by Gasteiger charge is 2.37. The van der Waals surface area contributed by atoms with Gasteiger partial charge in [0, 0.05) is 6.54 Å². The molecule has 1 amide bonds. The molecule has 0 bridgehead atoms. The molecule has 1 N–H and O–H groups in total. The van der Waals surface area contributed by atoms with Crippen LogP contribution in [-0.4, -0.2) is 46.7 Å². The van der Waals surface area contributed by atoms with E-state index in [4.69, 9.17) is 4.74 Å². The second kappa shape index (κ2) is 10.3. The maximum absolute atomic E-state index is 12.8. The van der Waals surface area contributed by atoms with E-state index in [2.05, 4.69) is 24.3 Å². The smallest absolute Gasteiger partial charge is 0.326 e. The maximum Gasteiger partial charge on any atom is 0.326 e. The third-order valence-electron chi connectivity index (χ3n) is 4.81. The summed E-state index contributed by atoms with van der Waals surface area (Å²) >= 11 is 0. The van der Waals surface area contributed by atoms with Gasteiger partial charge in [-0.3, -0.25) is 4.79 Å².